The number of fused-ring (bicyclic) bond motifs is 8. The summed E-state index contributed by atoms with van der Waals surface area (Å²) < 4.78 is 0. The van der Waals surface area contributed by atoms with Gasteiger partial charge in [-0.3, -0.25) is 0 Å². The molecule has 6 rings (SSSR count). The van der Waals surface area contributed by atoms with Crippen LogP contribution in [0.2, 0.25) is 0 Å². The summed E-state index contributed by atoms with van der Waals surface area (Å²) in [5.74, 6) is 0. The normalized spacial score (nSPS) is 15.2. The van der Waals surface area contributed by atoms with E-state index in [0.717, 1.165) is 0 Å². The molecule has 2 aliphatic rings. The van der Waals surface area contributed by atoms with Gasteiger partial charge in [-0.25, -0.2) is 0 Å². The molecule has 3 heteroatoms. The molecule has 0 bridgehead atoms. The molecule has 4 aromatic carbocycles. The Bertz CT molecular complexity index is 1250. The van der Waals surface area contributed by atoms with E-state index in [0.29, 0.717) is 0 Å². The molecule has 0 radical (unpaired) electrons. The van der Waals surface area contributed by atoms with E-state index in [2.05, 4.69) is 123 Å². The molecule has 2 heterocycles. The van der Waals surface area contributed by atoms with Crippen LogP contribution in [0.4, 0.5) is 22.7 Å². The SMILES string of the molecule is Cc1ccc2c(c1)[Si]1(c3ccccc3N2C)c2ccccc2N(C)c2ccc(C)cc21. The molecule has 0 saturated heterocycles. The van der Waals surface area contributed by atoms with Gasteiger partial charge in [0.2, 0.25) is 0 Å². The van der Waals surface area contributed by atoms with Crippen molar-refractivity contribution in [2.75, 3.05) is 23.9 Å². The highest BCUT2D eigenvalue weighted by Gasteiger charge is 2.52. The van der Waals surface area contributed by atoms with Gasteiger partial charge in [-0.2, -0.15) is 0 Å². The first-order valence-electron chi connectivity index (χ1n) is 10.9. The largest absolute Gasteiger partial charge is 0.345 e. The van der Waals surface area contributed by atoms with Gasteiger partial charge < -0.3 is 9.80 Å². The van der Waals surface area contributed by atoms with Gasteiger partial charge in [-0.15, -0.1) is 0 Å². The van der Waals surface area contributed by atoms with Crippen molar-refractivity contribution < 1.29 is 0 Å². The topological polar surface area (TPSA) is 6.48 Å². The van der Waals surface area contributed by atoms with Crippen LogP contribution in [0, 0.1) is 13.8 Å². The lowest BCUT2D eigenvalue weighted by atomic mass is 10.1. The summed E-state index contributed by atoms with van der Waals surface area (Å²) in [7, 11) is 1.95. The van der Waals surface area contributed by atoms with Crippen molar-refractivity contribution >= 4 is 51.6 Å². The van der Waals surface area contributed by atoms with E-state index >= 15 is 0 Å². The standard InChI is InChI=1S/C28H26N2Si/c1-19-13-15-23-27(17-19)31(25-11-7-5-9-21(25)29(23)3)26-12-8-6-10-22(26)30(4)24-16-14-20(2)18-28(24)31/h5-18H,1-4H3. The number of nitrogens with zero attached hydrogens (tertiary/aromatic N) is 2. The van der Waals surface area contributed by atoms with Gasteiger partial charge in [0.05, 0.1) is 0 Å². The summed E-state index contributed by atoms with van der Waals surface area (Å²) in [6, 6.07) is 32.2. The fraction of sp³-hybridized carbons (Fsp3) is 0.143. The maximum Gasteiger partial charge on any atom is 0.188 e. The van der Waals surface area contributed by atoms with Crippen LogP contribution in [0.5, 0.6) is 0 Å². The number of hydrogen-bond donors (Lipinski definition) is 0. The Morgan fingerprint density at radius 3 is 1.32 bits per heavy atom. The Labute approximate surface area is 185 Å². The quantitative estimate of drug-likeness (QED) is 0.400. The minimum absolute atomic E-state index is 1.32. The molecule has 0 aromatic heterocycles. The predicted molar refractivity (Wildman–Crippen MR) is 136 cm³/mol. The smallest absolute Gasteiger partial charge is 0.188 e. The molecule has 0 aliphatic carbocycles. The molecule has 0 N–H and O–H groups in total. The maximum atomic E-state index is 2.46. The number of anilines is 4. The molecule has 1 spiro atoms. The Hall–Kier alpha value is -3.30. The van der Waals surface area contributed by atoms with Crippen LogP contribution in [-0.4, -0.2) is 22.2 Å². The number of rotatable bonds is 0. The second-order valence-electron chi connectivity index (χ2n) is 8.94. The van der Waals surface area contributed by atoms with Crippen LogP contribution < -0.4 is 30.5 Å². The van der Waals surface area contributed by atoms with Crippen LogP contribution >= 0.6 is 0 Å². The lowest BCUT2D eigenvalue weighted by Crippen LogP contribution is -2.79. The molecule has 0 amide bonds. The Morgan fingerprint density at radius 1 is 0.484 bits per heavy atom. The zero-order valence-electron chi connectivity index (χ0n) is 18.5. The van der Waals surface area contributed by atoms with Gasteiger partial charge in [0.1, 0.15) is 0 Å². The molecule has 2 nitrogen and oxygen atoms in total. The number of benzene rings is 4. The molecule has 0 saturated carbocycles. The van der Waals surface area contributed by atoms with Crippen molar-refractivity contribution in [2.45, 2.75) is 13.8 Å². The Balaban J connectivity index is 1.88. The average molecular weight is 419 g/mol. The molecule has 2 aliphatic heterocycles. The molecule has 0 fully saturated rings. The Morgan fingerprint density at radius 2 is 0.871 bits per heavy atom. The second-order valence-corrected chi connectivity index (χ2v) is 12.6. The lowest BCUT2D eigenvalue weighted by Gasteiger charge is -2.49. The predicted octanol–water partition coefficient (Wildman–Crippen LogP) is 3.84. The van der Waals surface area contributed by atoms with Gasteiger partial charge in [-0.05, 0) is 58.9 Å². The summed E-state index contributed by atoms with van der Waals surface area (Å²) in [5.41, 5.74) is 7.98. The van der Waals surface area contributed by atoms with Gasteiger partial charge in [0, 0.05) is 36.8 Å². The van der Waals surface area contributed by atoms with Crippen LogP contribution in [0.1, 0.15) is 11.1 Å². The number of para-hydroxylation sites is 2. The maximum absolute atomic E-state index is 2.48. The number of hydrogen-bond acceptors (Lipinski definition) is 2. The molecule has 152 valence electrons. The van der Waals surface area contributed by atoms with Crippen LogP contribution in [0.3, 0.4) is 0 Å². The zero-order valence-corrected chi connectivity index (χ0v) is 19.5. The third-order valence-electron chi connectivity index (χ3n) is 7.17. The van der Waals surface area contributed by atoms with E-state index in [1.807, 2.05) is 0 Å². The van der Waals surface area contributed by atoms with E-state index in [-0.39, 0.29) is 0 Å². The summed E-state index contributed by atoms with van der Waals surface area (Å²) in [5, 5.41) is 5.98. The molecule has 0 unspecified atom stereocenters. The zero-order chi connectivity index (χ0) is 21.3. The first kappa shape index (κ1) is 18.5. The minimum atomic E-state index is -2.48. The van der Waals surface area contributed by atoms with Crippen molar-refractivity contribution in [1.82, 2.24) is 0 Å². The highest BCUT2D eigenvalue weighted by atomic mass is 28.3. The number of aryl methyl sites for hydroxylation is 2. The summed E-state index contributed by atoms with van der Waals surface area (Å²) in [6.45, 7) is 4.45. The van der Waals surface area contributed by atoms with Gasteiger partial charge in [0.15, 0.2) is 8.07 Å². The van der Waals surface area contributed by atoms with Gasteiger partial charge in [-0.1, -0.05) is 71.8 Å². The molecule has 4 aromatic rings. The molecule has 31 heavy (non-hydrogen) atoms. The van der Waals surface area contributed by atoms with Crippen LogP contribution in [-0.2, 0) is 0 Å². The third kappa shape index (κ3) is 2.27. The first-order valence-corrected chi connectivity index (χ1v) is 12.9. The third-order valence-corrected chi connectivity index (χ3v) is 12.1. The van der Waals surface area contributed by atoms with Crippen molar-refractivity contribution in [3.05, 3.63) is 96.1 Å². The highest BCUT2D eigenvalue weighted by molar-refractivity contribution is 7.22. The van der Waals surface area contributed by atoms with E-state index < -0.39 is 8.07 Å². The summed E-state index contributed by atoms with van der Waals surface area (Å²) >= 11 is 0. The van der Waals surface area contributed by atoms with Crippen molar-refractivity contribution in [1.29, 1.82) is 0 Å². The van der Waals surface area contributed by atoms with E-state index in [9.17, 15) is 0 Å². The van der Waals surface area contributed by atoms with E-state index in [1.165, 1.54) is 54.6 Å². The van der Waals surface area contributed by atoms with Crippen molar-refractivity contribution in [2.24, 2.45) is 0 Å². The minimum Gasteiger partial charge on any atom is -0.345 e. The second kappa shape index (κ2) is 6.35. The van der Waals surface area contributed by atoms with E-state index in [4.69, 9.17) is 0 Å². The molecular formula is C28H26N2Si. The Kier molecular flexibility index (Phi) is 3.78. The van der Waals surface area contributed by atoms with E-state index in [1.54, 1.807) is 0 Å². The van der Waals surface area contributed by atoms with Crippen molar-refractivity contribution in [3.63, 3.8) is 0 Å². The first-order chi connectivity index (χ1) is 15.0. The lowest BCUT2D eigenvalue weighted by molar-refractivity contribution is 1.19. The van der Waals surface area contributed by atoms with Crippen molar-refractivity contribution in [3.8, 4) is 0 Å². The van der Waals surface area contributed by atoms with Crippen LogP contribution in [0.25, 0.3) is 0 Å². The van der Waals surface area contributed by atoms with Gasteiger partial charge >= 0.3 is 0 Å². The molecular weight excluding hydrogens is 392 g/mol. The van der Waals surface area contributed by atoms with Gasteiger partial charge in [0.25, 0.3) is 0 Å². The summed E-state index contributed by atoms with van der Waals surface area (Å²) in [6.07, 6.45) is 0. The van der Waals surface area contributed by atoms with Crippen LogP contribution in [0.15, 0.2) is 84.9 Å². The fourth-order valence-electron chi connectivity index (χ4n) is 5.78. The average Bonchev–Trinajstić information content (AvgIpc) is 2.79. The highest BCUT2D eigenvalue weighted by Crippen LogP contribution is 2.37. The fourth-order valence-corrected chi connectivity index (χ4v) is 11.6. The monoisotopic (exact) mass is 418 g/mol. The molecule has 0 atom stereocenters. The summed E-state index contributed by atoms with van der Waals surface area (Å²) in [4.78, 5) is 4.78.